The summed E-state index contributed by atoms with van der Waals surface area (Å²) in [5.41, 5.74) is 6.93. The van der Waals surface area contributed by atoms with Crippen molar-refractivity contribution in [1.29, 1.82) is 0 Å². The number of unbranched alkanes of at least 4 members (excludes halogenated alkanes) is 2. The van der Waals surface area contributed by atoms with E-state index >= 15 is 4.39 Å². The van der Waals surface area contributed by atoms with Crippen molar-refractivity contribution in [3.8, 4) is 11.3 Å². The van der Waals surface area contributed by atoms with Crippen LogP contribution in [0.4, 0.5) is 28.4 Å². The van der Waals surface area contributed by atoms with Crippen LogP contribution in [0.2, 0.25) is 0 Å². The quantitative estimate of drug-likeness (QED) is 0.0178. The molecule has 1 aliphatic rings. The van der Waals surface area contributed by atoms with E-state index in [1.807, 2.05) is 44.2 Å². The van der Waals surface area contributed by atoms with E-state index < -0.39 is 84.3 Å². The van der Waals surface area contributed by atoms with Gasteiger partial charge in [-0.05, 0) is 105 Å². The highest BCUT2D eigenvalue weighted by molar-refractivity contribution is 6.12. The van der Waals surface area contributed by atoms with E-state index in [0.29, 0.717) is 62.0 Å². The Morgan fingerprint density at radius 1 is 0.795 bits per heavy atom. The van der Waals surface area contributed by atoms with E-state index in [1.54, 1.807) is 48.9 Å². The van der Waals surface area contributed by atoms with Crippen LogP contribution in [0.15, 0.2) is 91.1 Å². The number of alkyl carbamates (subject to hydrolysis) is 1. The number of hydrogen-bond acceptors (Lipinski definition) is 11. The minimum absolute atomic E-state index is 0.0735. The molecule has 1 aromatic heterocycles. The Bertz CT molecular complexity index is 2830. The summed E-state index contributed by atoms with van der Waals surface area (Å²) >= 11 is 0. The second kappa shape index (κ2) is 33.1. The van der Waals surface area contributed by atoms with Gasteiger partial charge < -0.3 is 51.6 Å². The molecule has 0 fully saturated rings. The standard InChI is InChI=1S/C60H79F3N10O10/c1-6-15-42(16-7-2)54(55-68-49(46-33-43(62)23-26-47(46)63)36-71(55)35-40-17-10-8-11-18-40)73(58(80)39(5)74)32-29-45(34-61)67-60(82)83-37-41-21-24-44(25-22-41)66-56(78)48(19-14-30-65-59(64)81)69-57(79)53(38(3)4)70-50(75)20-12-9-13-31-72-51(76)27-28-52(72)77/h8,10-11,17-18,21-28,33,36,38-39,42,45,48,53-54,74H,6-7,9,12-16,19-20,29-32,34-35,37H2,1-5H3,(H,66,78)(H,67,82)(H,69,79)(H,70,75)(H3,64,65,81)/t39-,45-,48-,53-,54+/m0/s1. The van der Waals surface area contributed by atoms with Gasteiger partial charge in [0.05, 0.1) is 17.8 Å². The monoisotopic (exact) mass is 1160 g/mol. The van der Waals surface area contributed by atoms with E-state index in [-0.39, 0.29) is 93.4 Å². The predicted molar refractivity (Wildman–Crippen MR) is 305 cm³/mol. The highest BCUT2D eigenvalue weighted by Gasteiger charge is 2.38. The topological polar surface area (TPSA) is 276 Å². The van der Waals surface area contributed by atoms with Gasteiger partial charge in [0.25, 0.3) is 17.7 Å². The lowest BCUT2D eigenvalue weighted by molar-refractivity contribution is -0.144. The number of imidazole rings is 1. The van der Waals surface area contributed by atoms with Crippen LogP contribution in [0.25, 0.3) is 11.3 Å². The van der Waals surface area contributed by atoms with Gasteiger partial charge in [-0.3, -0.25) is 33.7 Å². The summed E-state index contributed by atoms with van der Waals surface area (Å²) in [6.45, 7) is 7.91. The number of ether oxygens (including phenoxy) is 1. The normalized spacial score (nSPS) is 14.0. The van der Waals surface area contributed by atoms with Crippen LogP contribution in [0.3, 0.4) is 0 Å². The van der Waals surface area contributed by atoms with Crippen molar-refractivity contribution < 1.29 is 61.4 Å². The first-order chi connectivity index (χ1) is 39.7. The molecule has 83 heavy (non-hydrogen) atoms. The number of halogens is 3. The number of benzene rings is 3. The molecule has 1 aliphatic heterocycles. The van der Waals surface area contributed by atoms with E-state index in [1.165, 1.54) is 24.0 Å². The summed E-state index contributed by atoms with van der Waals surface area (Å²) in [5, 5.41) is 24.1. The number of carbonyl (C=O) groups excluding carboxylic acids is 8. The Hall–Kier alpha value is -8.08. The molecule has 0 radical (unpaired) electrons. The molecule has 8 N–H and O–H groups in total. The van der Waals surface area contributed by atoms with Crippen molar-refractivity contribution in [2.75, 3.05) is 31.6 Å². The van der Waals surface area contributed by atoms with Crippen LogP contribution in [0.1, 0.15) is 128 Å². The van der Waals surface area contributed by atoms with Gasteiger partial charge in [0.1, 0.15) is 48.9 Å². The molecular formula is C60H79F3N10O10. The van der Waals surface area contributed by atoms with Crippen molar-refractivity contribution in [2.45, 2.75) is 149 Å². The van der Waals surface area contributed by atoms with Crippen LogP contribution < -0.4 is 32.3 Å². The molecule has 2 heterocycles. The number of urea groups is 1. The molecule has 0 aliphatic carbocycles. The Balaban J connectivity index is 1.23. The van der Waals surface area contributed by atoms with Crippen molar-refractivity contribution in [3.63, 3.8) is 0 Å². The molecular weight excluding hydrogens is 1080 g/mol. The third kappa shape index (κ3) is 20.4. The zero-order chi connectivity index (χ0) is 60.6. The van der Waals surface area contributed by atoms with E-state index in [9.17, 15) is 52.2 Å². The van der Waals surface area contributed by atoms with E-state index in [2.05, 4.69) is 26.6 Å². The van der Waals surface area contributed by atoms with Gasteiger partial charge in [0.2, 0.25) is 17.7 Å². The zero-order valence-corrected chi connectivity index (χ0v) is 47.8. The third-order valence-electron chi connectivity index (χ3n) is 14.1. The largest absolute Gasteiger partial charge is 0.445 e. The zero-order valence-electron chi connectivity index (χ0n) is 47.8. The molecule has 23 heteroatoms. The number of amides is 9. The summed E-state index contributed by atoms with van der Waals surface area (Å²) in [6, 6.07) is 13.8. The molecule has 20 nitrogen and oxygen atoms in total. The molecule has 0 saturated heterocycles. The average Bonchev–Trinajstić information content (AvgIpc) is 4.14. The summed E-state index contributed by atoms with van der Waals surface area (Å²) in [5.74, 6) is -4.69. The molecule has 0 bridgehead atoms. The number of anilines is 1. The minimum Gasteiger partial charge on any atom is -0.445 e. The van der Waals surface area contributed by atoms with Gasteiger partial charge >= 0.3 is 12.1 Å². The Morgan fingerprint density at radius 3 is 2.11 bits per heavy atom. The van der Waals surface area contributed by atoms with Crippen molar-refractivity contribution in [2.24, 2.45) is 17.6 Å². The van der Waals surface area contributed by atoms with Gasteiger partial charge in [-0.1, -0.05) is 89.4 Å². The Labute approximate surface area is 482 Å². The van der Waals surface area contributed by atoms with Gasteiger partial charge in [-0.25, -0.2) is 27.7 Å². The number of aliphatic hydroxyl groups is 1. The number of hydrogen-bond donors (Lipinski definition) is 7. The number of alkyl halides is 1. The van der Waals surface area contributed by atoms with E-state index in [0.717, 1.165) is 28.7 Å². The maximum atomic E-state index is 15.4. The fourth-order valence-corrected chi connectivity index (χ4v) is 9.80. The van der Waals surface area contributed by atoms with Gasteiger partial charge in [0.15, 0.2) is 0 Å². The van der Waals surface area contributed by atoms with E-state index in [4.69, 9.17) is 15.5 Å². The van der Waals surface area contributed by atoms with Crippen LogP contribution in [-0.4, -0.2) is 123 Å². The number of nitrogens with one attached hydrogen (secondary N) is 5. The number of nitrogens with two attached hydrogens (primary N) is 1. The fraction of sp³-hybridized carbons (Fsp3) is 0.483. The lowest BCUT2D eigenvalue weighted by atomic mass is 9.88. The average molecular weight is 1160 g/mol. The summed E-state index contributed by atoms with van der Waals surface area (Å²) in [7, 11) is 0. The van der Waals surface area contributed by atoms with Gasteiger partial charge in [-0.2, -0.15) is 0 Å². The molecule has 0 saturated carbocycles. The second-order valence-corrected chi connectivity index (χ2v) is 21.0. The van der Waals surface area contributed by atoms with Crippen molar-refractivity contribution in [3.05, 3.63) is 120 Å². The minimum atomic E-state index is -1.49. The van der Waals surface area contributed by atoms with Crippen molar-refractivity contribution >= 4 is 53.3 Å². The number of aromatic nitrogens is 2. The SMILES string of the molecule is CCCC(CCC)[C@H](c1nc(-c2cc(F)ccc2F)cn1Cc1ccccc1)N(CC[C@@H](CF)NC(=O)OCc1ccc(NC(=O)[C@H](CCCNC(N)=O)NC(=O)[C@@H](NC(=O)CCCCCN2C(=O)C=CC2=O)C(C)C)cc1)C(=O)[C@H](C)O. The smallest absolute Gasteiger partial charge is 0.407 e. The molecule has 450 valence electrons. The fourth-order valence-electron chi connectivity index (χ4n) is 9.80. The van der Waals surface area contributed by atoms with Gasteiger partial charge in [-0.15, -0.1) is 0 Å². The highest BCUT2D eigenvalue weighted by Crippen LogP contribution is 2.38. The van der Waals surface area contributed by atoms with Crippen molar-refractivity contribution in [1.82, 2.24) is 40.6 Å². The molecule has 0 unspecified atom stereocenters. The van der Waals surface area contributed by atoms with Gasteiger partial charge in [0, 0.05) is 62.2 Å². The molecule has 0 spiro atoms. The maximum absolute atomic E-state index is 15.4. The van der Waals surface area contributed by atoms with Crippen LogP contribution in [0, 0.1) is 23.5 Å². The molecule has 9 amide bonds. The Morgan fingerprint density at radius 2 is 1.48 bits per heavy atom. The third-order valence-corrected chi connectivity index (χ3v) is 14.1. The summed E-state index contributed by atoms with van der Waals surface area (Å²) in [6.07, 6.45) is 6.00. The van der Waals surface area contributed by atoms with Crippen LogP contribution in [0.5, 0.6) is 0 Å². The summed E-state index contributed by atoms with van der Waals surface area (Å²) < 4.78 is 52.1. The molecule has 3 aromatic carbocycles. The second-order valence-electron chi connectivity index (χ2n) is 21.0. The molecule has 4 aromatic rings. The number of aliphatic hydroxyl groups excluding tert-OH is 1. The first-order valence-electron chi connectivity index (χ1n) is 28.3. The summed E-state index contributed by atoms with van der Waals surface area (Å²) in [4.78, 5) is 110. The number of nitrogens with zero attached hydrogens (tertiary/aromatic N) is 4. The first-order valence-corrected chi connectivity index (χ1v) is 28.3. The highest BCUT2D eigenvalue weighted by atomic mass is 19.1. The predicted octanol–water partition coefficient (Wildman–Crippen LogP) is 7.50. The number of rotatable bonds is 34. The lowest BCUT2D eigenvalue weighted by Crippen LogP contribution is -2.54. The van der Waals surface area contributed by atoms with Crippen LogP contribution >= 0.6 is 0 Å². The number of imide groups is 1. The maximum Gasteiger partial charge on any atom is 0.407 e. The Kier molecular flexibility index (Phi) is 26.2. The first kappa shape index (κ1) is 65.7. The van der Waals surface area contributed by atoms with Crippen LogP contribution in [-0.2, 0) is 46.7 Å². The molecule has 5 atom stereocenters. The number of carbonyl (C=O) groups is 8. The number of primary amides is 1. The lowest BCUT2D eigenvalue weighted by Gasteiger charge is -2.38. The molecule has 5 rings (SSSR count).